The van der Waals surface area contributed by atoms with Gasteiger partial charge in [0.1, 0.15) is 12.4 Å². The molecule has 0 saturated heterocycles. The van der Waals surface area contributed by atoms with Crippen LogP contribution >= 0.6 is 11.3 Å². The van der Waals surface area contributed by atoms with Crippen molar-refractivity contribution in [3.05, 3.63) is 59.1 Å². The van der Waals surface area contributed by atoms with E-state index in [1.165, 1.54) is 5.56 Å². The average Bonchev–Trinajstić information content (AvgIpc) is 2.82. The molecule has 1 heterocycles. The zero-order valence-corrected chi connectivity index (χ0v) is 9.74. The number of allylic oxidation sites excluding steroid dienone is 1. The molecule has 0 N–H and O–H groups in total. The molecule has 0 amide bonds. The number of hydrogen-bond donors (Lipinski definition) is 0. The maximum absolute atomic E-state index is 5.63. The minimum Gasteiger partial charge on any atom is -0.488 e. The number of rotatable bonds is 5. The lowest BCUT2D eigenvalue weighted by molar-refractivity contribution is 0.309. The highest BCUT2D eigenvalue weighted by Crippen LogP contribution is 2.15. The van der Waals surface area contributed by atoms with Crippen LogP contribution in [0.1, 0.15) is 10.4 Å². The Balaban J connectivity index is 1.92. The van der Waals surface area contributed by atoms with Crippen molar-refractivity contribution < 1.29 is 4.74 Å². The zero-order chi connectivity index (χ0) is 11.2. The van der Waals surface area contributed by atoms with Gasteiger partial charge in [0.15, 0.2) is 0 Å². The molecule has 1 aromatic carbocycles. The lowest BCUT2D eigenvalue weighted by Crippen LogP contribution is -1.92. The predicted octanol–water partition coefficient (Wildman–Crippen LogP) is 3.45. The minimum absolute atomic E-state index is 0.589. The highest BCUT2D eigenvalue weighted by atomic mass is 32.1. The zero-order valence-electron chi connectivity index (χ0n) is 8.93. The van der Waals surface area contributed by atoms with E-state index < -0.39 is 0 Å². The number of nitrogens with zero attached hydrogens (tertiary/aromatic N) is 1. The molecule has 0 unspecified atom stereocenters. The molecule has 0 spiro atoms. The van der Waals surface area contributed by atoms with E-state index >= 15 is 0 Å². The van der Waals surface area contributed by atoms with Gasteiger partial charge < -0.3 is 4.74 Å². The molecule has 0 saturated carbocycles. The van der Waals surface area contributed by atoms with Crippen LogP contribution in [-0.4, -0.2) is 4.98 Å². The van der Waals surface area contributed by atoms with Crippen LogP contribution in [0, 0.1) is 0 Å². The van der Waals surface area contributed by atoms with Crippen molar-refractivity contribution in [2.24, 2.45) is 0 Å². The molecule has 3 heteroatoms. The number of aromatic nitrogens is 1. The van der Waals surface area contributed by atoms with Crippen LogP contribution in [0.3, 0.4) is 0 Å². The van der Waals surface area contributed by atoms with Crippen LogP contribution in [0.25, 0.3) is 0 Å². The van der Waals surface area contributed by atoms with E-state index in [9.17, 15) is 0 Å². The van der Waals surface area contributed by atoms with Gasteiger partial charge in [-0.2, -0.15) is 0 Å². The smallest absolute Gasteiger partial charge is 0.124 e. The molecule has 2 aromatic rings. The first-order valence-electron chi connectivity index (χ1n) is 5.08. The highest BCUT2D eigenvalue weighted by Gasteiger charge is 1.97. The van der Waals surface area contributed by atoms with Crippen molar-refractivity contribution >= 4 is 11.3 Å². The fourth-order valence-electron chi connectivity index (χ4n) is 1.36. The third-order valence-corrected chi connectivity index (χ3v) is 2.92. The first-order chi connectivity index (χ1) is 7.88. The Kier molecular flexibility index (Phi) is 3.72. The average molecular weight is 231 g/mol. The maximum Gasteiger partial charge on any atom is 0.124 e. The molecular formula is C13H13NOS. The van der Waals surface area contributed by atoms with Crippen molar-refractivity contribution in [3.63, 3.8) is 0 Å². The highest BCUT2D eigenvalue weighted by molar-refractivity contribution is 7.09. The van der Waals surface area contributed by atoms with E-state index in [4.69, 9.17) is 4.74 Å². The Hall–Kier alpha value is -1.61. The summed E-state index contributed by atoms with van der Waals surface area (Å²) in [6.45, 7) is 4.30. The van der Waals surface area contributed by atoms with Crippen molar-refractivity contribution in [2.45, 2.75) is 13.0 Å². The van der Waals surface area contributed by atoms with E-state index in [0.717, 1.165) is 17.0 Å². The Labute approximate surface area is 99.2 Å². The lowest BCUT2D eigenvalue weighted by Gasteiger charge is -2.04. The molecule has 2 nitrogen and oxygen atoms in total. The van der Waals surface area contributed by atoms with Gasteiger partial charge in [-0.3, -0.25) is 4.98 Å². The topological polar surface area (TPSA) is 22.1 Å². The largest absolute Gasteiger partial charge is 0.488 e. The second-order valence-corrected chi connectivity index (χ2v) is 4.36. The molecule has 0 fully saturated rings. The monoisotopic (exact) mass is 231 g/mol. The molecule has 0 atom stereocenters. The molecule has 82 valence electrons. The number of benzene rings is 1. The van der Waals surface area contributed by atoms with Gasteiger partial charge in [-0.1, -0.05) is 18.2 Å². The van der Waals surface area contributed by atoms with Crippen LogP contribution in [0.2, 0.25) is 0 Å². The second kappa shape index (κ2) is 5.47. The number of ether oxygens (including phenoxy) is 1. The molecule has 0 aliphatic rings. The summed E-state index contributed by atoms with van der Waals surface area (Å²) in [5, 5.41) is 0. The summed E-state index contributed by atoms with van der Waals surface area (Å²) in [4.78, 5) is 5.13. The van der Waals surface area contributed by atoms with Gasteiger partial charge in [0, 0.05) is 6.20 Å². The molecule has 2 rings (SSSR count). The number of hydrogen-bond acceptors (Lipinski definition) is 3. The number of thiazole rings is 1. The summed E-state index contributed by atoms with van der Waals surface area (Å²) in [6, 6.07) is 8.09. The molecular weight excluding hydrogens is 218 g/mol. The van der Waals surface area contributed by atoms with Gasteiger partial charge in [-0.05, 0) is 24.1 Å². The van der Waals surface area contributed by atoms with Crippen molar-refractivity contribution in [1.82, 2.24) is 4.98 Å². The van der Waals surface area contributed by atoms with E-state index in [0.29, 0.717) is 6.61 Å². The Bertz CT molecular complexity index is 433. The first kappa shape index (κ1) is 10.9. The fourth-order valence-corrected chi connectivity index (χ4v) is 1.86. The van der Waals surface area contributed by atoms with E-state index in [1.54, 1.807) is 11.3 Å². The molecule has 0 bridgehead atoms. The Morgan fingerprint density at radius 1 is 1.31 bits per heavy atom. The standard InChI is InChI=1S/C13H13NOS/c1-2-3-11-4-6-12(7-5-11)15-9-13-8-14-10-16-13/h2,4-8,10H,1,3,9H2. The summed E-state index contributed by atoms with van der Waals surface area (Å²) in [6.07, 6.45) is 4.62. The summed E-state index contributed by atoms with van der Waals surface area (Å²) >= 11 is 1.60. The van der Waals surface area contributed by atoms with Gasteiger partial charge in [-0.25, -0.2) is 0 Å². The molecule has 1 aromatic heterocycles. The molecule has 0 radical (unpaired) electrons. The molecule has 0 aliphatic carbocycles. The van der Waals surface area contributed by atoms with E-state index in [1.807, 2.05) is 29.9 Å². The summed E-state index contributed by atoms with van der Waals surface area (Å²) in [5.74, 6) is 0.890. The first-order valence-corrected chi connectivity index (χ1v) is 5.96. The molecule has 16 heavy (non-hydrogen) atoms. The normalized spacial score (nSPS) is 10.0. The Morgan fingerprint density at radius 3 is 2.75 bits per heavy atom. The third-order valence-electron chi connectivity index (χ3n) is 2.17. The van der Waals surface area contributed by atoms with E-state index in [-0.39, 0.29) is 0 Å². The Morgan fingerprint density at radius 2 is 2.12 bits per heavy atom. The van der Waals surface area contributed by atoms with Crippen LogP contribution in [0.15, 0.2) is 48.6 Å². The minimum atomic E-state index is 0.589. The van der Waals surface area contributed by atoms with Crippen LogP contribution < -0.4 is 4.74 Å². The van der Waals surface area contributed by atoms with E-state index in [2.05, 4.69) is 23.7 Å². The maximum atomic E-state index is 5.63. The third kappa shape index (κ3) is 2.94. The fraction of sp³-hybridized carbons (Fsp3) is 0.154. The van der Waals surface area contributed by atoms with Gasteiger partial charge in [0.25, 0.3) is 0 Å². The van der Waals surface area contributed by atoms with Crippen molar-refractivity contribution in [1.29, 1.82) is 0 Å². The van der Waals surface area contributed by atoms with Gasteiger partial charge in [0.05, 0.1) is 10.4 Å². The van der Waals surface area contributed by atoms with Crippen LogP contribution in [0.4, 0.5) is 0 Å². The quantitative estimate of drug-likeness (QED) is 0.735. The van der Waals surface area contributed by atoms with Gasteiger partial charge in [0.2, 0.25) is 0 Å². The summed E-state index contributed by atoms with van der Waals surface area (Å²) in [7, 11) is 0. The predicted molar refractivity (Wildman–Crippen MR) is 66.8 cm³/mol. The summed E-state index contributed by atoms with van der Waals surface area (Å²) in [5.41, 5.74) is 3.06. The van der Waals surface area contributed by atoms with Crippen LogP contribution in [0.5, 0.6) is 5.75 Å². The van der Waals surface area contributed by atoms with Crippen molar-refractivity contribution in [3.8, 4) is 5.75 Å². The van der Waals surface area contributed by atoms with Gasteiger partial charge in [-0.15, -0.1) is 17.9 Å². The lowest BCUT2D eigenvalue weighted by atomic mass is 10.1. The molecule has 0 aliphatic heterocycles. The summed E-state index contributed by atoms with van der Waals surface area (Å²) < 4.78 is 5.63. The van der Waals surface area contributed by atoms with Crippen LogP contribution in [-0.2, 0) is 13.0 Å². The second-order valence-electron chi connectivity index (χ2n) is 3.39. The SMILES string of the molecule is C=CCc1ccc(OCc2cncs2)cc1. The van der Waals surface area contributed by atoms with Gasteiger partial charge >= 0.3 is 0 Å². The van der Waals surface area contributed by atoms with Crippen molar-refractivity contribution in [2.75, 3.05) is 0 Å².